The quantitative estimate of drug-likeness (QED) is 0.672. The second-order valence-electron chi connectivity index (χ2n) is 3.55. The molecule has 16 heavy (non-hydrogen) atoms. The predicted octanol–water partition coefficient (Wildman–Crippen LogP) is 0.0802. The number of rotatable bonds is 3. The predicted molar refractivity (Wildman–Crippen MR) is 56.2 cm³/mol. The molecule has 1 saturated heterocycles. The second kappa shape index (κ2) is 4.18. The molecule has 6 nitrogen and oxygen atoms in total. The molecule has 6 heteroatoms. The van der Waals surface area contributed by atoms with Crippen molar-refractivity contribution in [3.8, 4) is 0 Å². The fourth-order valence-electron chi connectivity index (χ4n) is 1.59. The standard InChI is InChI=1S/C10H11N3O3/c14-8-4-6(5-12-8)13-9-7(10(15)16)2-1-3-11-9/h1-3,6H,4-5H2,(H,11,13)(H,12,14)(H,15,16). The highest BCUT2D eigenvalue weighted by Gasteiger charge is 2.23. The van der Waals surface area contributed by atoms with Crippen molar-refractivity contribution in [3.63, 3.8) is 0 Å². The third-order valence-electron chi connectivity index (χ3n) is 2.36. The van der Waals surface area contributed by atoms with Crippen molar-refractivity contribution in [1.82, 2.24) is 10.3 Å². The minimum atomic E-state index is -1.03. The van der Waals surface area contributed by atoms with Gasteiger partial charge in [-0.05, 0) is 12.1 Å². The number of nitrogens with one attached hydrogen (secondary N) is 2. The summed E-state index contributed by atoms with van der Waals surface area (Å²) in [4.78, 5) is 25.8. The maximum absolute atomic E-state index is 11.0. The molecular weight excluding hydrogens is 210 g/mol. The first-order valence-electron chi connectivity index (χ1n) is 4.88. The van der Waals surface area contributed by atoms with Crippen molar-refractivity contribution in [1.29, 1.82) is 0 Å². The van der Waals surface area contributed by atoms with E-state index in [0.717, 1.165) is 0 Å². The molecule has 0 bridgehead atoms. The lowest BCUT2D eigenvalue weighted by Crippen LogP contribution is -2.24. The van der Waals surface area contributed by atoms with Crippen LogP contribution < -0.4 is 10.6 Å². The van der Waals surface area contributed by atoms with E-state index in [2.05, 4.69) is 15.6 Å². The zero-order valence-electron chi connectivity index (χ0n) is 8.43. The van der Waals surface area contributed by atoms with Crippen LogP contribution in [0.1, 0.15) is 16.8 Å². The molecule has 0 aromatic carbocycles. The molecule has 0 saturated carbocycles. The summed E-state index contributed by atoms with van der Waals surface area (Å²) in [6.45, 7) is 0.495. The molecule has 1 aliphatic heterocycles. The van der Waals surface area contributed by atoms with Gasteiger partial charge in [0.1, 0.15) is 11.4 Å². The highest BCUT2D eigenvalue weighted by Crippen LogP contribution is 2.14. The largest absolute Gasteiger partial charge is 0.478 e. The fourth-order valence-corrected chi connectivity index (χ4v) is 1.59. The van der Waals surface area contributed by atoms with Gasteiger partial charge >= 0.3 is 5.97 Å². The maximum atomic E-state index is 11.0. The molecule has 1 atom stereocenters. The summed E-state index contributed by atoms with van der Waals surface area (Å²) in [7, 11) is 0. The van der Waals surface area contributed by atoms with Crippen molar-refractivity contribution in [3.05, 3.63) is 23.9 Å². The molecule has 84 valence electrons. The molecule has 1 aromatic heterocycles. The first-order valence-corrected chi connectivity index (χ1v) is 4.88. The molecule has 2 heterocycles. The van der Waals surface area contributed by atoms with Gasteiger partial charge in [-0.1, -0.05) is 0 Å². The molecule has 1 aromatic rings. The maximum Gasteiger partial charge on any atom is 0.339 e. The van der Waals surface area contributed by atoms with Crippen LogP contribution in [0.3, 0.4) is 0 Å². The average Bonchev–Trinajstić information content (AvgIpc) is 2.64. The Bertz CT molecular complexity index is 433. The fraction of sp³-hybridized carbons (Fsp3) is 0.300. The van der Waals surface area contributed by atoms with Gasteiger partial charge in [-0.25, -0.2) is 9.78 Å². The van der Waals surface area contributed by atoms with Crippen LogP contribution >= 0.6 is 0 Å². The molecule has 0 aliphatic carbocycles. The number of aromatic nitrogens is 1. The van der Waals surface area contributed by atoms with E-state index in [-0.39, 0.29) is 17.5 Å². The number of pyridine rings is 1. The van der Waals surface area contributed by atoms with Gasteiger partial charge in [0, 0.05) is 19.2 Å². The molecule has 2 rings (SSSR count). The number of hydrogen-bond acceptors (Lipinski definition) is 4. The van der Waals surface area contributed by atoms with E-state index >= 15 is 0 Å². The Morgan fingerprint density at radius 3 is 3.06 bits per heavy atom. The van der Waals surface area contributed by atoms with Gasteiger partial charge in [0.05, 0.1) is 6.04 Å². The number of hydrogen-bond donors (Lipinski definition) is 3. The molecule has 1 aliphatic rings. The summed E-state index contributed by atoms with van der Waals surface area (Å²) in [6, 6.07) is 2.94. The van der Waals surface area contributed by atoms with Crippen LogP contribution in [0.25, 0.3) is 0 Å². The molecule has 3 N–H and O–H groups in total. The summed E-state index contributed by atoms with van der Waals surface area (Å²) in [5.41, 5.74) is 0.113. The molecule has 0 radical (unpaired) electrons. The smallest absolute Gasteiger partial charge is 0.339 e. The van der Waals surface area contributed by atoms with Crippen LogP contribution in [0.5, 0.6) is 0 Å². The summed E-state index contributed by atoms with van der Waals surface area (Å²) in [6.07, 6.45) is 1.86. The normalized spacial score (nSPS) is 19.2. The zero-order chi connectivity index (χ0) is 11.5. The molecule has 1 fully saturated rings. The Morgan fingerprint density at radius 1 is 1.62 bits per heavy atom. The van der Waals surface area contributed by atoms with E-state index < -0.39 is 5.97 Å². The first-order chi connectivity index (χ1) is 7.66. The lowest BCUT2D eigenvalue weighted by atomic mass is 10.2. The van der Waals surface area contributed by atoms with Crippen LogP contribution in [0, 0.1) is 0 Å². The number of carbonyl (C=O) groups excluding carboxylic acids is 1. The van der Waals surface area contributed by atoms with Crippen LogP contribution in [0.15, 0.2) is 18.3 Å². The van der Waals surface area contributed by atoms with Crippen molar-refractivity contribution in [2.75, 3.05) is 11.9 Å². The minimum absolute atomic E-state index is 0.0368. The Labute approximate surface area is 91.7 Å². The zero-order valence-corrected chi connectivity index (χ0v) is 8.43. The summed E-state index contributed by atoms with van der Waals surface area (Å²) in [5, 5.41) is 14.5. The van der Waals surface area contributed by atoms with Crippen LogP contribution in [-0.2, 0) is 4.79 Å². The highest BCUT2D eigenvalue weighted by molar-refractivity contribution is 5.93. The molecular formula is C10H11N3O3. The van der Waals surface area contributed by atoms with E-state index in [9.17, 15) is 9.59 Å². The molecule has 0 spiro atoms. The monoisotopic (exact) mass is 221 g/mol. The van der Waals surface area contributed by atoms with Crippen molar-refractivity contribution in [2.24, 2.45) is 0 Å². The summed E-state index contributed by atoms with van der Waals surface area (Å²) >= 11 is 0. The highest BCUT2D eigenvalue weighted by atomic mass is 16.4. The van der Waals surface area contributed by atoms with Gasteiger partial charge < -0.3 is 15.7 Å². The number of anilines is 1. The lowest BCUT2D eigenvalue weighted by molar-refractivity contribution is -0.119. The van der Waals surface area contributed by atoms with Crippen molar-refractivity contribution >= 4 is 17.7 Å². The van der Waals surface area contributed by atoms with Crippen molar-refractivity contribution < 1.29 is 14.7 Å². The second-order valence-corrected chi connectivity index (χ2v) is 3.55. The number of aromatic carboxylic acids is 1. The Hall–Kier alpha value is -2.11. The topological polar surface area (TPSA) is 91.3 Å². The number of carboxylic acid groups (broad SMARTS) is 1. The van der Waals surface area contributed by atoms with Gasteiger partial charge in [0.2, 0.25) is 5.91 Å². The van der Waals surface area contributed by atoms with Gasteiger partial charge in [0.15, 0.2) is 0 Å². The Balaban J connectivity index is 2.14. The minimum Gasteiger partial charge on any atom is -0.478 e. The van der Waals surface area contributed by atoms with Crippen molar-refractivity contribution in [2.45, 2.75) is 12.5 Å². The van der Waals surface area contributed by atoms with E-state index in [0.29, 0.717) is 18.8 Å². The first kappa shape index (κ1) is 10.4. The Kier molecular flexibility index (Phi) is 2.72. The van der Waals surface area contributed by atoms with Crippen LogP contribution in [0.4, 0.5) is 5.82 Å². The molecule has 1 unspecified atom stereocenters. The van der Waals surface area contributed by atoms with E-state index in [1.54, 1.807) is 6.07 Å². The van der Waals surface area contributed by atoms with E-state index in [1.807, 2.05) is 0 Å². The third-order valence-corrected chi connectivity index (χ3v) is 2.36. The number of carboxylic acids is 1. The van der Waals surface area contributed by atoms with E-state index in [4.69, 9.17) is 5.11 Å². The number of amides is 1. The summed E-state index contributed by atoms with van der Waals surface area (Å²) < 4.78 is 0. The molecule has 1 amide bonds. The van der Waals surface area contributed by atoms with Gasteiger partial charge in [-0.15, -0.1) is 0 Å². The SMILES string of the molecule is O=C1CC(Nc2ncccc2C(=O)O)CN1. The number of carbonyl (C=O) groups is 2. The van der Waals surface area contributed by atoms with Gasteiger partial charge in [-0.2, -0.15) is 0 Å². The van der Waals surface area contributed by atoms with Gasteiger partial charge in [0.25, 0.3) is 0 Å². The number of nitrogens with zero attached hydrogens (tertiary/aromatic N) is 1. The summed E-state index contributed by atoms with van der Waals surface area (Å²) in [5.74, 6) is -0.769. The van der Waals surface area contributed by atoms with E-state index in [1.165, 1.54) is 12.3 Å². The van der Waals surface area contributed by atoms with Crippen LogP contribution in [-0.4, -0.2) is 34.6 Å². The lowest BCUT2D eigenvalue weighted by Gasteiger charge is -2.12. The Morgan fingerprint density at radius 2 is 2.44 bits per heavy atom. The average molecular weight is 221 g/mol. The van der Waals surface area contributed by atoms with Gasteiger partial charge in [-0.3, -0.25) is 4.79 Å². The third kappa shape index (κ3) is 2.10. The van der Waals surface area contributed by atoms with Crippen LogP contribution in [0.2, 0.25) is 0 Å².